The first-order valence-electron chi connectivity index (χ1n) is 7.64. The summed E-state index contributed by atoms with van der Waals surface area (Å²) in [7, 11) is -3.26. The topological polar surface area (TPSA) is 80.1 Å². The Morgan fingerprint density at radius 1 is 1.35 bits per heavy atom. The number of nitrogens with zero attached hydrogens (tertiary/aromatic N) is 4. The zero-order chi connectivity index (χ0) is 16.4. The molecular weight excluding hydrogens is 314 g/mol. The molecule has 23 heavy (non-hydrogen) atoms. The van der Waals surface area contributed by atoms with Crippen LogP contribution in [0.2, 0.25) is 0 Å². The predicted molar refractivity (Wildman–Crippen MR) is 88.4 cm³/mol. The van der Waals surface area contributed by atoms with Crippen LogP contribution >= 0.6 is 0 Å². The molecule has 1 aromatic carbocycles. The maximum atomic E-state index is 11.5. The van der Waals surface area contributed by atoms with Gasteiger partial charge in [0.2, 0.25) is 10.0 Å². The number of fused-ring (bicyclic) bond motifs is 1. The summed E-state index contributed by atoms with van der Waals surface area (Å²) in [6, 6.07) is 5.77. The van der Waals surface area contributed by atoms with Crippen molar-refractivity contribution in [1.29, 1.82) is 0 Å². The van der Waals surface area contributed by atoms with Gasteiger partial charge in [-0.15, -0.1) is 0 Å². The largest absolute Gasteiger partial charge is 0.291 e. The SMILES string of the molecule is CCn1ncnc1CN1CCc2c(cccc2NS(C)(=O)=O)C1. The van der Waals surface area contributed by atoms with E-state index in [1.807, 2.05) is 23.7 Å². The van der Waals surface area contributed by atoms with Crippen molar-refractivity contribution in [3.8, 4) is 0 Å². The number of nitrogens with one attached hydrogen (secondary N) is 1. The van der Waals surface area contributed by atoms with Gasteiger partial charge in [0.15, 0.2) is 0 Å². The van der Waals surface area contributed by atoms with Crippen LogP contribution in [-0.4, -0.2) is 40.9 Å². The summed E-state index contributed by atoms with van der Waals surface area (Å²) < 4.78 is 27.5. The van der Waals surface area contributed by atoms with Crippen molar-refractivity contribution in [3.63, 3.8) is 0 Å². The van der Waals surface area contributed by atoms with Crippen LogP contribution in [0.15, 0.2) is 24.5 Å². The van der Waals surface area contributed by atoms with E-state index in [9.17, 15) is 8.42 Å². The highest BCUT2D eigenvalue weighted by Crippen LogP contribution is 2.27. The molecule has 0 fully saturated rings. The minimum Gasteiger partial charge on any atom is -0.291 e. The van der Waals surface area contributed by atoms with Gasteiger partial charge in [-0.3, -0.25) is 9.62 Å². The number of benzene rings is 1. The Kier molecular flexibility index (Phi) is 4.36. The second-order valence-corrected chi connectivity index (χ2v) is 7.52. The van der Waals surface area contributed by atoms with Crippen molar-refractivity contribution >= 4 is 15.7 Å². The number of aromatic nitrogens is 3. The minimum atomic E-state index is -3.26. The van der Waals surface area contributed by atoms with E-state index in [0.29, 0.717) is 5.69 Å². The first-order valence-corrected chi connectivity index (χ1v) is 9.53. The third-order valence-corrected chi connectivity index (χ3v) is 4.59. The molecule has 7 nitrogen and oxygen atoms in total. The van der Waals surface area contributed by atoms with Crippen LogP contribution in [0.3, 0.4) is 0 Å². The van der Waals surface area contributed by atoms with E-state index in [2.05, 4.69) is 25.8 Å². The quantitative estimate of drug-likeness (QED) is 0.889. The molecule has 0 bridgehead atoms. The number of hydrogen-bond acceptors (Lipinski definition) is 5. The van der Waals surface area contributed by atoms with E-state index < -0.39 is 10.0 Å². The molecule has 1 aliphatic rings. The highest BCUT2D eigenvalue weighted by Gasteiger charge is 2.21. The Morgan fingerprint density at radius 2 is 2.17 bits per heavy atom. The molecule has 0 unspecified atom stereocenters. The fourth-order valence-corrected chi connectivity index (χ4v) is 3.56. The van der Waals surface area contributed by atoms with Gasteiger partial charge in [-0.25, -0.2) is 18.1 Å². The van der Waals surface area contributed by atoms with Crippen LogP contribution in [0, 0.1) is 0 Å². The molecule has 0 spiro atoms. The molecule has 2 aromatic rings. The Hall–Kier alpha value is -1.93. The molecule has 2 heterocycles. The fraction of sp³-hybridized carbons (Fsp3) is 0.467. The van der Waals surface area contributed by atoms with Crippen LogP contribution in [0.4, 0.5) is 5.69 Å². The number of aryl methyl sites for hydroxylation is 1. The third-order valence-electron chi connectivity index (χ3n) is 4.00. The van der Waals surface area contributed by atoms with Gasteiger partial charge >= 0.3 is 0 Å². The van der Waals surface area contributed by atoms with Crippen molar-refractivity contribution in [2.45, 2.75) is 33.0 Å². The zero-order valence-electron chi connectivity index (χ0n) is 13.4. The monoisotopic (exact) mass is 335 g/mol. The molecule has 1 aromatic heterocycles. The highest BCUT2D eigenvalue weighted by molar-refractivity contribution is 7.92. The van der Waals surface area contributed by atoms with Gasteiger partial charge < -0.3 is 0 Å². The molecule has 1 aliphatic heterocycles. The van der Waals surface area contributed by atoms with E-state index in [4.69, 9.17) is 0 Å². The van der Waals surface area contributed by atoms with Gasteiger partial charge in [0.25, 0.3) is 0 Å². The van der Waals surface area contributed by atoms with E-state index in [1.54, 1.807) is 6.33 Å². The van der Waals surface area contributed by atoms with Crippen LogP contribution in [0.25, 0.3) is 0 Å². The molecule has 0 atom stereocenters. The second-order valence-electron chi connectivity index (χ2n) is 5.77. The Labute approximate surface area is 136 Å². The first kappa shape index (κ1) is 15.9. The summed E-state index contributed by atoms with van der Waals surface area (Å²) in [5.41, 5.74) is 2.94. The smallest absolute Gasteiger partial charge is 0.229 e. The van der Waals surface area contributed by atoms with Gasteiger partial charge in [-0.05, 0) is 30.5 Å². The van der Waals surface area contributed by atoms with Crippen LogP contribution in [0.1, 0.15) is 23.9 Å². The van der Waals surface area contributed by atoms with Crippen LogP contribution < -0.4 is 4.72 Å². The maximum Gasteiger partial charge on any atom is 0.229 e. The predicted octanol–water partition coefficient (Wildman–Crippen LogP) is 1.23. The summed E-state index contributed by atoms with van der Waals surface area (Å²) >= 11 is 0. The third kappa shape index (κ3) is 3.70. The van der Waals surface area contributed by atoms with Crippen LogP contribution in [0.5, 0.6) is 0 Å². The lowest BCUT2D eigenvalue weighted by Crippen LogP contribution is -2.32. The van der Waals surface area contributed by atoms with E-state index >= 15 is 0 Å². The molecule has 3 rings (SSSR count). The molecule has 124 valence electrons. The van der Waals surface area contributed by atoms with Gasteiger partial charge in [-0.2, -0.15) is 5.10 Å². The maximum absolute atomic E-state index is 11.5. The zero-order valence-corrected chi connectivity index (χ0v) is 14.2. The standard InChI is InChI=1S/C15H21N5O2S/c1-3-20-15(16-11-17-20)10-19-8-7-13-12(9-19)5-4-6-14(13)18-23(2,21)22/h4-6,11,18H,3,7-10H2,1-2H3. The van der Waals surface area contributed by atoms with Crippen molar-refractivity contribution in [2.75, 3.05) is 17.5 Å². The van der Waals surface area contributed by atoms with E-state index in [-0.39, 0.29) is 0 Å². The Morgan fingerprint density at radius 3 is 2.91 bits per heavy atom. The van der Waals surface area contributed by atoms with E-state index in [0.717, 1.165) is 49.6 Å². The summed E-state index contributed by atoms with van der Waals surface area (Å²) in [6.45, 7) is 5.25. The molecule has 1 N–H and O–H groups in total. The Bertz CT molecular complexity index is 800. The normalized spacial score (nSPS) is 15.4. The number of sulfonamides is 1. The number of hydrogen-bond donors (Lipinski definition) is 1. The van der Waals surface area contributed by atoms with Crippen molar-refractivity contribution in [1.82, 2.24) is 19.7 Å². The molecular formula is C15H21N5O2S. The van der Waals surface area contributed by atoms with Gasteiger partial charge in [0, 0.05) is 19.6 Å². The average molecular weight is 335 g/mol. The lowest BCUT2D eigenvalue weighted by molar-refractivity contribution is 0.235. The lowest BCUT2D eigenvalue weighted by atomic mass is 9.98. The van der Waals surface area contributed by atoms with Crippen molar-refractivity contribution < 1.29 is 8.42 Å². The first-order chi connectivity index (χ1) is 11.0. The number of rotatable bonds is 5. The lowest BCUT2D eigenvalue weighted by Gasteiger charge is -2.29. The van der Waals surface area contributed by atoms with Crippen molar-refractivity contribution in [3.05, 3.63) is 41.5 Å². The summed E-state index contributed by atoms with van der Waals surface area (Å²) in [5.74, 6) is 0.960. The molecule has 0 saturated carbocycles. The molecule has 0 amide bonds. The molecule has 0 radical (unpaired) electrons. The van der Waals surface area contributed by atoms with Crippen molar-refractivity contribution in [2.24, 2.45) is 0 Å². The highest BCUT2D eigenvalue weighted by atomic mass is 32.2. The van der Waals surface area contributed by atoms with Gasteiger partial charge in [0.05, 0.1) is 18.5 Å². The second kappa shape index (κ2) is 6.29. The molecule has 0 saturated heterocycles. The summed E-state index contributed by atoms with van der Waals surface area (Å²) in [6.07, 6.45) is 3.58. The van der Waals surface area contributed by atoms with Gasteiger partial charge in [0.1, 0.15) is 12.2 Å². The van der Waals surface area contributed by atoms with E-state index in [1.165, 1.54) is 6.26 Å². The average Bonchev–Trinajstić information content (AvgIpc) is 2.93. The van der Waals surface area contributed by atoms with Crippen LogP contribution in [-0.2, 0) is 36.1 Å². The minimum absolute atomic E-state index is 0.696. The fourth-order valence-electron chi connectivity index (χ4n) is 2.97. The number of anilines is 1. The van der Waals surface area contributed by atoms with Gasteiger partial charge in [-0.1, -0.05) is 12.1 Å². The molecule has 8 heteroatoms. The molecule has 0 aliphatic carbocycles. The summed E-state index contributed by atoms with van der Waals surface area (Å²) in [5, 5.41) is 4.20. The summed E-state index contributed by atoms with van der Waals surface area (Å²) in [4.78, 5) is 6.63. The Balaban J connectivity index is 1.78.